The molecule has 0 aromatic rings. The van der Waals surface area contributed by atoms with Crippen LogP contribution in [0, 0.1) is 0 Å². The first-order valence-corrected chi connectivity index (χ1v) is 4.61. The van der Waals surface area contributed by atoms with Crippen LogP contribution >= 0.6 is 0 Å². The molecule has 1 aliphatic rings. The molecule has 0 aliphatic carbocycles. The van der Waals surface area contributed by atoms with Gasteiger partial charge < -0.3 is 15.2 Å². The molecular weight excluding hydrogens is 154 g/mol. The molecule has 3 heteroatoms. The molecule has 0 amide bonds. The number of hydrogen-bond donors (Lipinski definition) is 2. The standard InChI is InChI=1S/C9H19NO2/c1-9(11,5-7-12-2)8-4-3-6-10-8/h8,10-11H,3-7H2,1-2H3. The van der Waals surface area contributed by atoms with E-state index in [0.717, 1.165) is 13.0 Å². The first-order valence-electron chi connectivity index (χ1n) is 4.61. The molecule has 0 radical (unpaired) electrons. The molecule has 1 heterocycles. The first-order chi connectivity index (χ1) is 5.67. The van der Waals surface area contributed by atoms with E-state index in [2.05, 4.69) is 5.32 Å². The number of methoxy groups -OCH3 is 1. The summed E-state index contributed by atoms with van der Waals surface area (Å²) in [6.07, 6.45) is 2.96. The zero-order valence-corrected chi connectivity index (χ0v) is 7.97. The highest BCUT2D eigenvalue weighted by molar-refractivity contribution is 4.90. The maximum Gasteiger partial charge on any atom is 0.0793 e. The summed E-state index contributed by atoms with van der Waals surface area (Å²) in [6.45, 7) is 3.55. The zero-order valence-electron chi connectivity index (χ0n) is 7.97. The van der Waals surface area contributed by atoms with Crippen LogP contribution in [0.25, 0.3) is 0 Å². The van der Waals surface area contributed by atoms with E-state index in [9.17, 15) is 5.11 Å². The van der Waals surface area contributed by atoms with Crippen LogP contribution in [0.2, 0.25) is 0 Å². The smallest absolute Gasteiger partial charge is 0.0793 e. The van der Waals surface area contributed by atoms with Crippen molar-refractivity contribution in [3.63, 3.8) is 0 Å². The SMILES string of the molecule is COCCC(C)(O)C1CCCN1. The normalized spacial score (nSPS) is 28.8. The van der Waals surface area contributed by atoms with Crippen LogP contribution in [0.4, 0.5) is 0 Å². The Bertz CT molecular complexity index is 130. The summed E-state index contributed by atoms with van der Waals surface area (Å²) in [6, 6.07) is 0.257. The molecular formula is C9H19NO2. The van der Waals surface area contributed by atoms with E-state index in [1.165, 1.54) is 6.42 Å². The molecule has 0 spiro atoms. The van der Waals surface area contributed by atoms with Gasteiger partial charge in [-0.2, -0.15) is 0 Å². The Morgan fingerprint density at radius 1 is 1.67 bits per heavy atom. The maximum absolute atomic E-state index is 10.0. The lowest BCUT2D eigenvalue weighted by molar-refractivity contribution is -0.00291. The second-order valence-electron chi connectivity index (χ2n) is 3.75. The van der Waals surface area contributed by atoms with E-state index in [1.807, 2.05) is 6.92 Å². The van der Waals surface area contributed by atoms with Gasteiger partial charge in [-0.3, -0.25) is 0 Å². The summed E-state index contributed by atoms with van der Waals surface area (Å²) >= 11 is 0. The van der Waals surface area contributed by atoms with Gasteiger partial charge in [0.15, 0.2) is 0 Å². The fourth-order valence-corrected chi connectivity index (χ4v) is 1.70. The average molecular weight is 173 g/mol. The highest BCUT2D eigenvalue weighted by atomic mass is 16.5. The van der Waals surface area contributed by atoms with Gasteiger partial charge >= 0.3 is 0 Å². The molecule has 0 aromatic carbocycles. The molecule has 1 rings (SSSR count). The highest BCUT2D eigenvalue weighted by Crippen LogP contribution is 2.21. The lowest BCUT2D eigenvalue weighted by Crippen LogP contribution is -2.45. The van der Waals surface area contributed by atoms with Crippen LogP contribution in [0.1, 0.15) is 26.2 Å². The third-order valence-electron chi connectivity index (χ3n) is 2.62. The second-order valence-corrected chi connectivity index (χ2v) is 3.75. The third kappa shape index (κ3) is 2.44. The van der Waals surface area contributed by atoms with Crippen molar-refractivity contribution >= 4 is 0 Å². The fraction of sp³-hybridized carbons (Fsp3) is 1.00. The Morgan fingerprint density at radius 3 is 2.92 bits per heavy atom. The molecule has 2 unspecified atom stereocenters. The number of hydrogen-bond acceptors (Lipinski definition) is 3. The van der Waals surface area contributed by atoms with Crippen molar-refractivity contribution in [3.8, 4) is 0 Å². The molecule has 3 nitrogen and oxygen atoms in total. The van der Waals surface area contributed by atoms with Crippen LogP contribution < -0.4 is 5.32 Å². The van der Waals surface area contributed by atoms with Gasteiger partial charge in [-0.15, -0.1) is 0 Å². The van der Waals surface area contributed by atoms with Crippen LogP contribution in [-0.2, 0) is 4.74 Å². The molecule has 1 fully saturated rings. The molecule has 0 aromatic heterocycles. The summed E-state index contributed by atoms with van der Waals surface area (Å²) in [5, 5.41) is 13.3. The number of nitrogens with one attached hydrogen (secondary N) is 1. The fourth-order valence-electron chi connectivity index (χ4n) is 1.70. The molecule has 0 saturated carbocycles. The van der Waals surface area contributed by atoms with Gasteiger partial charge in [-0.25, -0.2) is 0 Å². The molecule has 2 atom stereocenters. The number of aliphatic hydroxyl groups is 1. The van der Waals surface area contributed by atoms with Crippen molar-refractivity contribution < 1.29 is 9.84 Å². The first kappa shape index (κ1) is 9.96. The van der Waals surface area contributed by atoms with Crippen molar-refractivity contribution in [3.05, 3.63) is 0 Å². The van der Waals surface area contributed by atoms with Crippen molar-refractivity contribution in [2.45, 2.75) is 37.8 Å². The summed E-state index contributed by atoms with van der Waals surface area (Å²) in [5.74, 6) is 0. The molecule has 0 bridgehead atoms. The topological polar surface area (TPSA) is 41.5 Å². The predicted octanol–water partition coefficient (Wildman–Crippen LogP) is 0.526. The van der Waals surface area contributed by atoms with E-state index in [-0.39, 0.29) is 6.04 Å². The maximum atomic E-state index is 10.0. The Labute approximate surface area is 74.1 Å². The van der Waals surface area contributed by atoms with Crippen molar-refractivity contribution in [2.24, 2.45) is 0 Å². The lowest BCUT2D eigenvalue weighted by Gasteiger charge is -2.29. The van der Waals surface area contributed by atoms with Crippen LogP contribution in [-0.4, -0.2) is 37.0 Å². The third-order valence-corrected chi connectivity index (χ3v) is 2.62. The lowest BCUT2D eigenvalue weighted by atomic mass is 9.92. The van der Waals surface area contributed by atoms with Gasteiger partial charge in [0.2, 0.25) is 0 Å². The number of ether oxygens (including phenoxy) is 1. The van der Waals surface area contributed by atoms with E-state index >= 15 is 0 Å². The Kier molecular flexibility index (Phi) is 3.50. The molecule has 2 N–H and O–H groups in total. The van der Waals surface area contributed by atoms with Crippen molar-refractivity contribution in [1.29, 1.82) is 0 Å². The van der Waals surface area contributed by atoms with Crippen molar-refractivity contribution in [2.75, 3.05) is 20.3 Å². The summed E-state index contributed by atoms with van der Waals surface area (Å²) in [5.41, 5.74) is -0.605. The minimum absolute atomic E-state index is 0.257. The van der Waals surface area contributed by atoms with E-state index < -0.39 is 5.60 Å². The minimum Gasteiger partial charge on any atom is -0.388 e. The molecule has 12 heavy (non-hydrogen) atoms. The van der Waals surface area contributed by atoms with E-state index in [0.29, 0.717) is 13.0 Å². The van der Waals surface area contributed by atoms with Crippen molar-refractivity contribution in [1.82, 2.24) is 5.32 Å². The zero-order chi connectivity index (χ0) is 9.03. The van der Waals surface area contributed by atoms with Crippen LogP contribution in [0.5, 0.6) is 0 Å². The minimum atomic E-state index is -0.605. The summed E-state index contributed by atoms with van der Waals surface area (Å²) in [7, 11) is 1.66. The van der Waals surface area contributed by atoms with Gasteiger partial charge in [-0.05, 0) is 26.3 Å². The highest BCUT2D eigenvalue weighted by Gasteiger charge is 2.33. The number of rotatable bonds is 4. The van der Waals surface area contributed by atoms with Gasteiger partial charge in [0.25, 0.3) is 0 Å². The monoisotopic (exact) mass is 173 g/mol. The molecule has 1 aliphatic heterocycles. The Hall–Kier alpha value is -0.120. The molecule has 72 valence electrons. The Balaban J connectivity index is 2.34. The van der Waals surface area contributed by atoms with E-state index in [4.69, 9.17) is 4.74 Å². The largest absolute Gasteiger partial charge is 0.388 e. The molecule has 1 saturated heterocycles. The average Bonchev–Trinajstić information content (AvgIpc) is 2.53. The van der Waals surface area contributed by atoms with E-state index in [1.54, 1.807) is 7.11 Å². The predicted molar refractivity (Wildman–Crippen MR) is 48.1 cm³/mol. The summed E-state index contributed by atoms with van der Waals surface area (Å²) in [4.78, 5) is 0. The van der Waals surface area contributed by atoms with Gasteiger partial charge in [-0.1, -0.05) is 0 Å². The van der Waals surface area contributed by atoms with Gasteiger partial charge in [0, 0.05) is 26.2 Å². The van der Waals surface area contributed by atoms with Crippen LogP contribution in [0.3, 0.4) is 0 Å². The van der Waals surface area contributed by atoms with Crippen LogP contribution in [0.15, 0.2) is 0 Å². The van der Waals surface area contributed by atoms with Gasteiger partial charge in [0.05, 0.1) is 5.60 Å². The summed E-state index contributed by atoms with van der Waals surface area (Å²) < 4.78 is 4.95. The quantitative estimate of drug-likeness (QED) is 0.651. The van der Waals surface area contributed by atoms with Gasteiger partial charge in [0.1, 0.15) is 0 Å². The Morgan fingerprint density at radius 2 is 2.42 bits per heavy atom. The second kappa shape index (κ2) is 4.21.